The van der Waals surface area contributed by atoms with E-state index in [9.17, 15) is 13.6 Å². The molecule has 0 saturated carbocycles. The standard InChI is InChI=1S/C21H16F2N2O/c1-25-18-8-3-2-6-16(18)19(21(22,23)20(25)26)15-11-9-14(10-12-15)17-7-4-5-13-24-17/h2-13,19H,1H3. The van der Waals surface area contributed by atoms with Crippen molar-refractivity contribution in [3.8, 4) is 11.3 Å². The Labute approximate surface area is 149 Å². The van der Waals surface area contributed by atoms with Gasteiger partial charge in [0.2, 0.25) is 0 Å². The third-order valence-electron chi connectivity index (χ3n) is 4.77. The summed E-state index contributed by atoms with van der Waals surface area (Å²) in [7, 11) is 1.38. The maximum Gasteiger partial charge on any atom is 0.335 e. The maximum atomic E-state index is 14.9. The molecule has 26 heavy (non-hydrogen) atoms. The second-order valence-corrected chi connectivity index (χ2v) is 6.32. The van der Waals surface area contributed by atoms with Crippen molar-refractivity contribution in [1.82, 2.24) is 4.98 Å². The lowest BCUT2D eigenvalue weighted by atomic mass is 9.81. The molecule has 0 N–H and O–H groups in total. The van der Waals surface area contributed by atoms with Crippen LogP contribution < -0.4 is 4.90 Å². The van der Waals surface area contributed by atoms with Crippen molar-refractivity contribution in [1.29, 1.82) is 0 Å². The highest BCUT2D eigenvalue weighted by molar-refractivity contribution is 6.02. The minimum atomic E-state index is -3.50. The largest absolute Gasteiger partial charge is 0.335 e. The zero-order chi connectivity index (χ0) is 18.3. The van der Waals surface area contributed by atoms with Gasteiger partial charge < -0.3 is 4.90 Å². The zero-order valence-corrected chi connectivity index (χ0v) is 14.1. The van der Waals surface area contributed by atoms with Gasteiger partial charge in [0.25, 0.3) is 5.91 Å². The normalized spacial score (nSPS) is 18.5. The number of alkyl halides is 2. The first-order chi connectivity index (χ1) is 12.5. The summed E-state index contributed by atoms with van der Waals surface area (Å²) >= 11 is 0. The Kier molecular flexibility index (Phi) is 3.80. The van der Waals surface area contributed by atoms with E-state index in [-0.39, 0.29) is 0 Å². The van der Waals surface area contributed by atoms with Crippen molar-refractivity contribution in [2.45, 2.75) is 11.8 Å². The highest BCUT2D eigenvalue weighted by Gasteiger charge is 2.54. The summed E-state index contributed by atoms with van der Waals surface area (Å²) in [6, 6.07) is 19.2. The lowest BCUT2D eigenvalue weighted by molar-refractivity contribution is -0.145. The molecule has 2 aromatic carbocycles. The van der Waals surface area contributed by atoms with Crippen molar-refractivity contribution in [2.24, 2.45) is 0 Å². The molecule has 1 aromatic heterocycles. The Morgan fingerprint density at radius 1 is 0.962 bits per heavy atom. The first kappa shape index (κ1) is 16.4. The van der Waals surface area contributed by atoms with Gasteiger partial charge in [-0.05, 0) is 29.3 Å². The number of aromatic nitrogens is 1. The van der Waals surface area contributed by atoms with Gasteiger partial charge in [-0.2, -0.15) is 8.78 Å². The van der Waals surface area contributed by atoms with Gasteiger partial charge in [0, 0.05) is 24.5 Å². The average molecular weight is 350 g/mol. The van der Waals surface area contributed by atoms with Crippen molar-refractivity contribution in [3.63, 3.8) is 0 Å². The fourth-order valence-corrected chi connectivity index (χ4v) is 3.46. The van der Waals surface area contributed by atoms with E-state index in [1.54, 1.807) is 54.7 Å². The van der Waals surface area contributed by atoms with E-state index in [0.29, 0.717) is 16.8 Å². The van der Waals surface area contributed by atoms with Crippen LogP contribution in [0.4, 0.5) is 14.5 Å². The molecule has 1 unspecified atom stereocenters. The molecule has 130 valence electrons. The summed E-state index contributed by atoms with van der Waals surface area (Å²) in [6.45, 7) is 0. The van der Waals surface area contributed by atoms with E-state index in [1.165, 1.54) is 7.05 Å². The van der Waals surface area contributed by atoms with E-state index in [2.05, 4.69) is 4.98 Å². The lowest BCUT2D eigenvalue weighted by Gasteiger charge is -2.37. The SMILES string of the molecule is CN1C(=O)C(F)(F)C(c2ccc(-c3ccccn3)cc2)c2ccccc21. The van der Waals surface area contributed by atoms with Crippen LogP contribution in [0.1, 0.15) is 17.0 Å². The summed E-state index contributed by atoms with van der Waals surface area (Å²) < 4.78 is 29.8. The molecule has 2 heterocycles. The molecular formula is C21H16F2N2O. The first-order valence-electron chi connectivity index (χ1n) is 8.26. The molecule has 0 saturated heterocycles. The van der Waals surface area contributed by atoms with Crippen LogP contribution in [-0.4, -0.2) is 23.9 Å². The summed E-state index contributed by atoms with van der Waals surface area (Å²) in [4.78, 5) is 17.6. The zero-order valence-electron chi connectivity index (χ0n) is 14.1. The number of fused-ring (bicyclic) bond motifs is 1. The van der Waals surface area contributed by atoms with E-state index < -0.39 is 17.7 Å². The number of benzene rings is 2. The van der Waals surface area contributed by atoms with Crippen LogP contribution in [0.25, 0.3) is 11.3 Å². The van der Waals surface area contributed by atoms with Gasteiger partial charge in [0.05, 0.1) is 11.6 Å². The van der Waals surface area contributed by atoms with Crippen LogP contribution in [0.15, 0.2) is 72.9 Å². The summed E-state index contributed by atoms with van der Waals surface area (Å²) in [5, 5.41) is 0. The summed E-state index contributed by atoms with van der Waals surface area (Å²) in [5.41, 5.74) is 2.98. The van der Waals surface area contributed by atoms with Gasteiger partial charge in [-0.3, -0.25) is 9.78 Å². The number of hydrogen-bond donors (Lipinski definition) is 0. The first-order valence-corrected chi connectivity index (χ1v) is 8.26. The molecule has 1 aliphatic rings. The van der Waals surface area contributed by atoms with Crippen LogP contribution in [0.5, 0.6) is 0 Å². The van der Waals surface area contributed by atoms with E-state index in [4.69, 9.17) is 0 Å². The Morgan fingerprint density at radius 3 is 2.35 bits per heavy atom. The summed E-state index contributed by atoms with van der Waals surface area (Å²) in [6.07, 6.45) is 1.68. The Morgan fingerprint density at radius 2 is 1.65 bits per heavy atom. The molecule has 0 fully saturated rings. The number of halogens is 2. The second kappa shape index (κ2) is 6.02. The molecule has 0 aliphatic carbocycles. The van der Waals surface area contributed by atoms with E-state index >= 15 is 0 Å². The minimum absolute atomic E-state index is 0.406. The fraction of sp³-hybridized carbons (Fsp3) is 0.143. The van der Waals surface area contributed by atoms with Crippen molar-refractivity contribution in [2.75, 3.05) is 11.9 Å². The predicted octanol–water partition coefficient (Wildman–Crippen LogP) is 4.49. The Balaban J connectivity index is 1.81. The van der Waals surface area contributed by atoms with Gasteiger partial charge >= 0.3 is 5.92 Å². The molecule has 5 heteroatoms. The molecule has 3 aromatic rings. The number of para-hydroxylation sites is 1. The molecule has 1 atom stereocenters. The maximum absolute atomic E-state index is 14.9. The molecule has 1 aliphatic heterocycles. The van der Waals surface area contributed by atoms with Crippen molar-refractivity contribution in [3.05, 3.63) is 84.1 Å². The molecule has 4 rings (SSSR count). The van der Waals surface area contributed by atoms with E-state index in [0.717, 1.165) is 16.2 Å². The van der Waals surface area contributed by atoms with Gasteiger partial charge in [0.15, 0.2) is 0 Å². The number of anilines is 1. The van der Waals surface area contributed by atoms with Crippen LogP contribution >= 0.6 is 0 Å². The predicted molar refractivity (Wildman–Crippen MR) is 96.3 cm³/mol. The van der Waals surface area contributed by atoms with Crippen molar-refractivity contribution < 1.29 is 13.6 Å². The molecule has 0 bridgehead atoms. The second-order valence-electron chi connectivity index (χ2n) is 6.32. The van der Waals surface area contributed by atoms with Crippen LogP contribution in [0.3, 0.4) is 0 Å². The molecule has 1 amide bonds. The quantitative estimate of drug-likeness (QED) is 0.682. The number of carbonyl (C=O) groups excluding carboxylic acids is 1. The van der Waals surface area contributed by atoms with E-state index in [1.807, 2.05) is 18.2 Å². The number of hydrogen-bond acceptors (Lipinski definition) is 2. The third kappa shape index (κ3) is 2.47. The molecule has 0 radical (unpaired) electrons. The highest BCUT2D eigenvalue weighted by Crippen LogP contribution is 2.47. The third-order valence-corrected chi connectivity index (χ3v) is 4.77. The van der Waals surface area contributed by atoms with Gasteiger partial charge in [-0.15, -0.1) is 0 Å². The van der Waals surface area contributed by atoms with Crippen LogP contribution in [-0.2, 0) is 4.79 Å². The Hall–Kier alpha value is -3.08. The number of amides is 1. The lowest BCUT2D eigenvalue weighted by Crippen LogP contribution is -2.50. The monoisotopic (exact) mass is 350 g/mol. The number of carbonyl (C=O) groups is 1. The summed E-state index contributed by atoms with van der Waals surface area (Å²) in [5.74, 6) is -5.99. The number of pyridine rings is 1. The number of nitrogens with zero attached hydrogens (tertiary/aromatic N) is 2. The fourth-order valence-electron chi connectivity index (χ4n) is 3.46. The minimum Gasteiger partial charge on any atom is -0.310 e. The van der Waals surface area contributed by atoms with Gasteiger partial charge in [-0.1, -0.05) is 48.5 Å². The number of rotatable bonds is 2. The smallest absolute Gasteiger partial charge is 0.310 e. The highest BCUT2D eigenvalue weighted by atomic mass is 19.3. The Bertz CT molecular complexity index is 955. The van der Waals surface area contributed by atoms with Crippen LogP contribution in [0.2, 0.25) is 0 Å². The molecule has 0 spiro atoms. The van der Waals surface area contributed by atoms with Crippen molar-refractivity contribution >= 4 is 11.6 Å². The topological polar surface area (TPSA) is 33.2 Å². The molecular weight excluding hydrogens is 334 g/mol. The van der Waals surface area contributed by atoms with Gasteiger partial charge in [0.1, 0.15) is 0 Å². The van der Waals surface area contributed by atoms with Crippen LogP contribution in [0, 0.1) is 0 Å². The molecule has 3 nitrogen and oxygen atoms in total. The average Bonchev–Trinajstić information content (AvgIpc) is 2.68. The van der Waals surface area contributed by atoms with Gasteiger partial charge in [-0.25, -0.2) is 0 Å².